The first kappa shape index (κ1) is 20.9. The van der Waals surface area contributed by atoms with E-state index in [1.807, 2.05) is 27.7 Å². The van der Waals surface area contributed by atoms with Gasteiger partial charge in [0.15, 0.2) is 6.23 Å². The van der Waals surface area contributed by atoms with Gasteiger partial charge in [0.25, 0.3) is 0 Å². The first-order valence-corrected chi connectivity index (χ1v) is 9.04. The summed E-state index contributed by atoms with van der Waals surface area (Å²) in [6.45, 7) is 14.3. The van der Waals surface area contributed by atoms with Gasteiger partial charge in [-0.3, -0.25) is 4.57 Å². The lowest BCUT2D eigenvalue weighted by atomic mass is 9.87. The summed E-state index contributed by atoms with van der Waals surface area (Å²) in [5.41, 5.74) is 5.69. The highest BCUT2D eigenvalue weighted by atomic mass is 16.6. The molecule has 2 rings (SSSR count). The average Bonchev–Trinajstić information content (AvgIpc) is 2.76. The topological polar surface area (TPSA) is 88.6 Å². The van der Waals surface area contributed by atoms with Crippen molar-refractivity contribution in [3.8, 4) is 0 Å². The lowest BCUT2D eigenvalue weighted by Gasteiger charge is -2.32. The average molecular weight is 367 g/mol. The van der Waals surface area contributed by atoms with Crippen LogP contribution in [0.15, 0.2) is 11.0 Å². The molecule has 2 heterocycles. The number of ether oxygens (including phenoxy) is 3. The van der Waals surface area contributed by atoms with E-state index < -0.39 is 18.0 Å². The monoisotopic (exact) mass is 367 g/mol. The zero-order valence-electron chi connectivity index (χ0n) is 17.2. The van der Waals surface area contributed by atoms with Gasteiger partial charge in [0, 0.05) is 18.9 Å². The van der Waals surface area contributed by atoms with Crippen LogP contribution in [0.4, 0.5) is 5.82 Å². The van der Waals surface area contributed by atoms with Gasteiger partial charge in [-0.25, -0.2) is 4.79 Å². The standard InChI is InChI=1S/C19H33N3O4/c1-11-10-22(17(23)21-15(11)20)16-14(24-8)13(26-19(5,6)7)12(25-16)9-18(2,3)4/h10,12-14,16H,9H2,1-8H3,(H2,20,21,23)/t12-,13+,14?,16-/m1/s1. The summed E-state index contributed by atoms with van der Waals surface area (Å²) in [6.07, 6.45) is 0.917. The van der Waals surface area contributed by atoms with Crippen LogP contribution in [-0.4, -0.2) is 40.6 Å². The molecule has 7 heteroatoms. The van der Waals surface area contributed by atoms with Gasteiger partial charge in [0.1, 0.15) is 18.0 Å². The number of nitrogen functional groups attached to an aromatic ring is 1. The summed E-state index contributed by atoms with van der Waals surface area (Å²) in [5, 5.41) is 0. The van der Waals surface area contributed by atoms with Crippen LogP contribution in [0.1, 0.15) is 59.8 Å². The number of hydrogen-bond donors (Lipinski definition) is 1. The third kappa shape index (κ3) is 4.84. The Hall–Kier alpha value is -1.44. The molecule has 1 aliphatic rings. The summed E-state index contributed by atoms with van der Waals surface area (Å²) in [5.74, 6) is 0.229. The molecule has 1 aromatic rings. The molecule has 1 aromatic heterocycles. The molecule has 0 aromatic carbocycles. The lowest BCUT2D eigenvalue weighted by Crippen LogP contribution is -2.43. The SMILES string of the molecule is COC1[C@@H](OC(C)(C)C)[C@@H](CC(C)(C)C)O[C@H]1n1cc(C)c(N)nc1=O. The summed E-state index contributed by atoms with van der Waals surface area (Å²) in [4.78, 5) is 16.3. The highest BCUT2D eigenvalue weighted by Gasteiger charge is 2.49. The third-order valence-corrected chi connectivity index (χ3v) is 4.31. The number of aromatic nitrogens is 2. The van der Waals surface area contributed by atoms with Crippen LogP contribution < -0.4 is 11.4 Å². The first-order valence-electron chi connectivity index (χ1n) is 9.04. The van der Waals surface area contributed by atoms with Gasteiger partial charge in [0.2, 0.25) is 0 Å². The minimum Gasteiger partial charge on any atom is -0.383 e. The molecule has 0 spiro atoms. The van der Waals surface area contributed by atoms with E-state index in [0.717, 1.165) is 12.0 Å². The van der Waals surface area contributed by atoms with Crippen molar-refractivity contribution in [1.29, 1.82) is 0 Å². The van der Waals surface area contributed by atoms with E-state index in [2.05, 4.69) is 25.8 Å². The Morgan fingerprint density at radius 3 is 2.35 bits per heavy atom. The van der Waals surface area contributed by atoms with E-state index in [9.17, 15) is 4.79 Å². The van der Waals surface area contributed by atoms with Crippen LogP contribution in [0.3, 0.4) is 0 Å². The molecule has 1 fully saturated rings. The van der Waals surface area contributed by atoms with Gasteiger partial charge in [-0.05, 0) is 39.5 Å². The van der Waals surface area contributed by atoms with Crippen LogP contribution in [0, 0.1) is 12.3 Å². The van der Waals surface area contributed by atoms with Gasteiger partial charge >= 0.3 is 5.69 Å². The molecular weight excluding hydrogens is 334 g/mol. The number of hydrogen-bond acceptors (Lipinski definition) is 6. The van der Waals surface area contributed by atoms with Crippen molar-refractivity contribution in [3.05, 3.63) is 22.2 Å². The molecule has 0 aliphatic carbocycles. The quantitative estimate of drug-likeness (QED) is 0.880. The smallest absolute Gasteiger partial charge is 0.351 e. The fraction of sp³-hybridized carbons (Fsp3) is 0.789. The van der Waals surface area contributed by atoms with Crippen LogP contribution in [0.2, 0.25) is 0 Å². The van der Waals surface area contributed by atoms with Crippen molar-refractivity contribution in [3.63, 3.8) is 0 Å². The van der Waals surface area contributed by atoms with Crippen molar-refractivity contribution in [1.82, 2.24) is 9.55 Å². The molecule has 1 unspecified atom stereocenters. The first-order chi connectivity index (χ1) is 11.8. The van der Waals surface area contributed by atoms with Crippen molar-refractivity contribution in [2.24, 2.45) is 5.41 Å². The summed E-state index contributed by atoms with van der Waals surface area (Å²) in [7, 11) is 1.61. The molecule has 26 heavy (non-hydrogen) atoms. The van der Waals surface area contributed by atoms with Crippen LogP contribution in [0.25, 0.3) is 0 Å². The van der Waals surface area contributed by atoms with Gasteiger partial charge in [-0.15, -0.1) is 0 Å². The molecule has 0 bridgehead atoms. The predicted octanol–water partition coefficient (Wildman–Crippen LogP) is 2.67. The summed E-state index contributed by atoms with van der Waals surface area (Å²) in [6, 6.07) is 0. The lowest BCUT2D eigenvalue weighted by molar-refractivity contribution is -0.124. The van der Waals surface area contributed by atoms with Crippen molar-refractivity contribution in [2.45, 2.75) is 85.0 Å². The van der Waals surface area contributed by atoms with Crippen LogP contribution in [0.5, 0.6) is 0 Å². The highest BCUT2D eigenvalue weighted by molar-refractivity contribution is 5.35. The molecule has 1 saturated heterocycles. The Bertz CT molecular complexity index is 687. The van der Waals surface area contributed by atoms with E-state index in [4.69, 9.17) is 19.9 Å². The van der Waals surface area contributed by atoms with E-state index in [0.29, 0.717) is 0 Å². The number of methoxy groups -OCH3 is 1. The molecule has 2 N–H and O–H groups in total. The summed E-state index contributed by atoms with van der Waals surface area (Å²) < 4.78 is 19.8. The highest BCUT2D eigenvalue weighted by Crippen LogP contribution is 2.39. The number of aryl methyl sites for hydroxylation is 1. The number of anilines is 1. The van der Waals surface area contributed by atoms with Gasteiger partial charge in [0.05, 0.1) is 11.7 Å². The number of nitrogens with two attached hydrogens (primary N) is 1. The fourth-order valence-corrected chi connectivity index (χ4v) is 3.26. The van der Waals surface area contributed by atoms with Crippen LogP contribution in [-0.2, 0) is 14.2 Å². The van der Waals surface area contributed by atoms with Gasteiger partial charge < -0.3 is 19.9 Å². The Morgan fingerprint density at radius 2 is 1.85 bits per heavy atom. The van der Waals surface area contributed by atoms with Gasteiger partial charge in [-0.1, -0.05) is 20.8 Å². The Morgan fingerprint density at radius 1 is 1.23 bits per heavy atom. The molecule has 7 nitrogen and oxygen atoms in total. The minimum atomic E-state index is -0.612. The molecule has 4 atom stereocenters. The zero-order valence-corrected chi connectivity index (χ0v) is 17.2. The molecule has 1 aliphatic heterocycles. The fourth-order valence-electron chi connectivity index (χ4n) is 3.26. The second kappa shape index (κ2) is 7.29. The maximum Gasteiger partial charge on any atom is 0.351 e. The normalized spacial score (nSPS) is 27.1. The zero-order chi connectivity index (χ0) is 19.9. The summed E-state index contributed by atoms with van der Waals surface area (Å²) >= 11 is 0. The maximum absolute atomic E-state index is 12.4. The van der Waals surface area contributed by atoms with Crippen molar-refractivity contribution < 1.29 is 14.2 Å². The van der Waals surface area contributed by atoms with E-state index in [1.54, 1.807) is 13.3 Å². The third-order valence-electron chi connectivity index (χ3n) is 4.31. The van der Waals surface area contributed by atoms with Gasteiger partial charge in [-0.2, -0.15) is 4.98 Å². The van der Waals surface area contributed by atoms with Crippen molar-refractivity contribution in [2.75, 3.05) is 12.8 Å². The second-order valence-electron chi connectivity index (χ2n) is 9.22. The predicted molar refractivity (Wildman–Crippen MR) is 101 cm³/mol. The van der Waals surface area contributed by atoms with E-state index >= 15 is 0 Å². The van der Waals surface area contributed by atoms with E-state index in [1.165, 1.54) is 4.57 Å². The maximum atomic E-state index is 12.4. The molecule has 0 radical (unpaired) electrons. The molecule has 148 valence electrons. The number of rotatable bonds is 4. The Balaban J connectivity index is 2.44. The Labute approximate surface area is 155 Å². The van der Waals surface area contributed by atoms with Crippen LogP contribution >= 0.6 is 0 Å². The number of nitrogens with zero attached hydrogens (tertiary/aromatic N) is 2. The minimum absolute atomic E-state index is 0.0393. The Kier molecular flexibility index (Phi) is 5.85. The van der Waals surface area contributed by atoms with Crippen molar-refractivity contribution >= 4 is 5.82 Å². The second-order valence-corrected chi connectivity index (χ2v) is 9.22. The molecular formula is C19H33N3O4. The van der Waals surface area contributed by atoms with E-state index in [-0.39, 0.29) is 29.0 Å². The molecule has 0 amide bonds. The molecule has 0 saturated carbocycles. The largest absolute Gasteiger partial charge is 0.383 e.